The zero-order valence-electron chi connectivity index (χ0n) is 19.9. The van der Waals surface area contributed by atoms with Crippen molar-refractivity contribution in [2.45, 2.75) is 64.1 Å². The molecule has 1 atom stereocenters. The first kappa shape index (κ1) is 25.8. The van der Waals surface area contributed by atoms with E-state index in [1.807, 2.05) is 18.7 Å². The van der Waals surface area contributed by atoms with Crippen LogP contribution in [-0.4, -0.2) is 39.3 Å². The van der Waals surface area contributed by atoms with Gasteiger partial charge in [0.1, 0.15) is 17.4 Å². The van der Waals surface area contributed by atoms with Gasteiger partial charge in [0.15, 0.2) is 0 Å². The Labute approximate surface area is 204 Å². The molecule has 1 aliphatic heterocycles. The molecule has 12 heteroatoms. The molecule has 4 rings (SSSR count). The Hall–Kier alpha value is -3.31. The van der Waals surface area contributed by atoms with E-state index in [2.05, 4.69) is 20.1 Å². The van der Waals surface area contributed by atoms with Crippen LogP contribution in [0.15, 0.2) is 29.0 Å². The molecule has 36 heavy (non-hydrogen) atoms. The van der Waals surface area contributed by atoms with Crippen LogP contribution in [0.25, 0.3) is 11.4 Å². The molecule has 1 saturated heterocycles. The molecule has 3 aromatic rings. The summed E-state index contributed by atoms with van der Waals surface area (Å²) in [6, 6.07) is 2.18. The number of piperidine rings is 1. The van der Waals surface area contributed by atoms with Crippen molar-refractivity contribution >= 4 is 5.95 Å². The quantitative estimate of drug-likeness (QED) is 0.265. The molecular weight excluding hydrogens is 485 g/mol. The third-order valence-electron chi connectivity index (χ3n) is 5.97. The van der Waals surface area contributed by atoms with E-state index in [-0.39, 0.29) is 47.5 Å². The van der Waals surface area contributed by atoms with E-state index in [4.69, 9.17) is 9.26 Å². The van der Waals surface area contributed by atoms with Crippen LogP contribution in [0.2, 0.25) is 0 Å². The summed E-state index contributed by atoms with van der Waals surface area (Å²) in [6.45, 7) is 4.49. The van der Waals surface area contributed by atoms with Crippen molar-refractivity contribution in [2.75, 3.05) is 18.1 Å². The third-order valence-corrected chi connectivity index (χ3v) is 5.97. The number of hydrogen-bond acceptors (Lipinski definition) is 7. The van der Waals surface area contributed by atoms with E-state index >= 15 is 0 Å². The molecule has 1 aliphatic rings. The number of halogens is 5. The van der Waals surface area contributed by atoms with Crippen LogP contribution in [0.4, 0.5) is 27.9 Å². The van der Waals surface area contributed by atoms with E-state index in [1.165, 1.54) is 0 Å². The lowest BCUT2D eigenvalue weighted by Crippen LogP contribution is -2.40. The van der Waals surface area contributed by atoms with Gasteiger partial charge in [0.05, 0.1) is 17.7 Å². The minimum absolute atomic E-state index is 0.0309. The van der Waals surface area contributed by atoms with Crippen molar-refractivity contribution in [1.29, 1.82) is 0 Å². The van der Waals surface area contributed by atoms with Crippen molar-refractivity contribution in [3.05, 3.63) is 47.6 Å². The van der Waals surface area contributed by atoms with E-state index in [0.29, 0.717) is 19.4 Å². The molecule has 0 radical (unpaired) electrons. The molecule has 1 fully saturated rings. The van der Waals surface area contributed by atoms with E-state index in [1.54, 1.807) is 0 Å². The molecule has 1 aromatic carbocycles. The molecule has 0 N–H and O–H groups in total. The lowest BCUT2D eigenvalue weighted by atomic mass is 9.98. The average Bonchev–Trinajstić information content (AvgIpc) is 3.31. The molecule has 0 bridgehead atoms. The maximum Gasteiger partial charge on any atom is 0.419 e. The Morgan fingerprint density at radius 1 is 1.11 bits per heavy atom. The molecule has 7 nitrogen and oxygen atoms in total. The maximum absolute atomic E-state index is 14.6. The Balaban J connectivity index is 1.34. The number of aromatic nitrogens is 4. The summed E-state index contributed by atoms with van der Waals surface area (Å²) in [6.07, 6.45) is 1.03. The molecule has 3 heterocycles. The number of rotatable bonds is 8. The number of ether oxygens (including phenoxy) is 1. The summed E-state index contributed by atoms with van der Waals surface area (Å²) in [4.78, 5) is 13.8. The highest BCUT2D eigenvalue weighted by Gasteiger charge is 2.32. The van der Waals surface area contributed by atoms with Gasteiger partial charge < -0.3 is 14.2 Å². The fourth-order valence-electron chi connectivity index (χ4n) is 4.11. The molecule has 2 aromatic heterocycles. The third kappa shape index (κ3) is 5.90. The maximum atomic E-state index is 14.6. The van der Waals surface area contributed by atoms with Crippen LogP contribution >= 0.6 is 0 Å². The van der Waals surface area contributed by atoms with Crippen LogP contribution < -0.4 is 9.64 Å². The molecule has 0 amide bonds. The highest BCUT2D eigenvalue weighted by Crippen LogP contribution is 2.31. The topological polar surface area (TPSA) is 77.2 Å². The summed E-state index contributed by atoms with van der Waals surface area (Å²) in [7, 11) is 0. The van der Waals surface area contributed by atoms with Crippen molar-refractivity contribution in [1.82, 2.24) is 20.1 Å². The molecule has 0 spiro atoms. The number of nitrogens with zero attached hydrogens (tertiary/aromatic N) is 5. The average molecular weight is 511 g/mol. The van der Waals surface area contributed by atoms with Gasteiger partial charge in [0, 0.05) is 43.0 Å². The van der Waals surface area contributed by atoms with Gasteiger partial charge in [-0.15, -0.1) is 0 Å². The van der Waals surface area contributed by atoms with Gasteiger partial charge in [-0.2, -0.15) is 18.2 Å². The number of alkyl halides is 3. The Morgan fingerprint density at radius 2 is 1.81 bits per heavy atom. The zero-order chi connectivity index (χ0) is 25.9. The standard InChI is InChI=1S/C24H26F5N5O2/c1-14(2)22-32-21(33-36-22)20-18(25)10-17(11-19(20)26)35-9-5-7-16-6-3-4-8-34(16)23-30-12-15(13-31-23)24(27,28)29/h10-14,16H,3-9H2,1-2H3. The minimum Gasteiger partial charge on any atom is -0.493 e. The van der Waals surface area contributed by atoms with Crippen molar-refractivity contribution < 1.29 is 31.2 Å². The molecule has 194 valence electrons. The van der Waals surface area contributed by atoms with Gasteiger partial charge in [-0.3, -0.25) is 0 Å². The number of benzene rings is 1. The van der Waals surface area contributed by atoms with Gasteiger partial charge in [-0.05, 0) is 32.1 Å². The highest BCUT2D eigenvalue weighted by atomic mass is 19.4. The number of anilines is 1. The second-order valence-corrected chi connectivity index (χ2v) is 8.98. The van der Waals surface area contributed by atoms with Gasteiger partial charge in [-0.1, -0.05) is 19.0 Å². The normalized spacial score (nSPS) is 16.6. The monoisotopic (exact) mass is 511 g/mol. The van der Waals surface area contributed by atoms with Gasteiger partial charge in [0.2, 0.25) is 17.7 Å². The van der Waals surface area contributed by atoms with E-state index < -0.39 is 23.4 Å². The lowest BCUT2D eigenvalue weighted by Gasteiger charge is -2.36. The predicted octanol–water partition coefficient (Wildman–Crippen LogP) is 6.17. The summed E-state index contributed by atoms with van der Waals surface area (Å²) < 4.78 is 78.3. The highest BCUT2D eigenvalue weighted by molar-refractivity contribution is 5.58. The van der Waals surface area contributed by atoms with Gasteiger partial charge in [0.25, 0.3) is 0 Å². The minimum atomic E-state index is -4.49. The van der Waals surface area contributed by atoms with Crippen LogP contribution in [-0.2, 0) is 6.18 Å². The second-order valence-electron chi connectivity index (χ2n) is 8.98. The summed E-state index contributed by atoms with van der Waals surface area (Å²) in [5, 5.41) is 3.66. The molecule has 0 saturated carbocycles. The summed E-state index contributed by atoms with van der Waals surface area (Å²) in [5.41, 5.74) is -1.27. The summed E-state index contributed by atoms with van der Waals surface area (Å²) in [5.74, 6) is -1.39. The first-order valence-electron chi connectivity index (χ1n) is 11.7. The van der Waals surface area contributed by atoms with Gasteiger partial charge in [-0.25, -0.2) is 18.7 Å². The van der Waals surface area contributed by atoms with Gasteiger partial charge >= 0.3 is 6.18 Å². The Kier molecular flexibility index (Phi) is 7.70. The van der Waals surface area contributed by atoms with Crippen molar-refractivity contribution in [3.63, 3.8) is 0 Å². The second kappa shape index (κ2) is 10.8. The van der Waals surface area contributed by atoms with Crippen molar-refractivity contribution in [3.8, 4) is 17.1 Å². The lowest BCUT2D eigenvalue weighted by molar-refractivity contribution is -0.138. The first-order chi connectivity index (χ1) is 17.1. The Morgan fingerprint density at radius 3 is 2.42 bits per heavy atom. The van der Waals surface area contributed by atoms with Crippen LogP contribution in [0, 0.1) is 11.6 Å². The molecule has 0 aliphatic carbocycles. The predicted molar refractivity (Wildman–Crippen MR) is 120 cm³/mol. The molecular formula is C24H26F5N5O2. The SMILES string of the molecule is CC(C)c1nc(-c2c(F)cc(OCCCC3CCCCN3c3ncc(C(F)(F)F)cn3)cc2F)no1. The van der Waals surface area contributed by atoms with Crippen molar-refractivity contribution in [2.24, 2.45) is 0 Å². The van der Waals surface area contributed by atoms with Crippen LogP contribution in [0.3, 0.4) is 0 Å². The smallest absolute Gasteiger partial charge is 0.419 e. The molecule has 1 unspecified atom stereocenters. The summed E-state index contributed by atoms with van der Waals surface area (Å²) >= 11 is 0. The largest absolute Gasteiger partial charge is 0.493 e. The Bertz CT molecular complexity index is 1140. The van der Waals surface area contributed by atoms with Crippen LogP contribution in [0.1, 0.15) is 63.3 Å². The zero-order valence-corrected chi connectivity index (χ0v) is 19.9. The fraction of sp³-hybridized carbons (Fsp3) is 0.500. The first-order valence-corrected chi connectivity index (χ1v) is 11.7. The number of hydrogen-bond donors (Lipinski definition) is 0. The van der Waals surface area contributed by atoms with E-state index in [9.17, 15) is 22.0 Å². The fourth-order valence-corrected chi connectivity index (χ4v) is 4.11. The van der Waals surface area contributed by atoms with E-state index in [0.717, 1.165) is 43.8 Å². The van der Waals surface area contributed by atoms with Crippen LogP contribution in [0.5, 0.6) is 5.75 Å².